The largest absolute Gasteiger partial charge is 0.436 e. The van der Waals surface area contributed by atoms with Gasteiger partial charge in [0, 0.05) is 13.1 Å². The summed E-state index contributed by atoms with van der Waals surface area (Å²) in [6.07, 6.45) is 1.76. The second-order valence-corrected chi connectivity index (χ2v) is 4.81. The van der Waals surface area contributed by atoms with E-state index >= 15 is 0 Å². The quantitative estimate of drug-likeness (QED) is 0.671. The maximum absolute atomic E-state index is 10.8. The van der Waals surface area contributed by atoms with E-state index in [1.54, 1.807) is 0 Å². The molecule has 0 aliphatic carbocycles. The maximum Gasteiger partial charge on any atom is 0.436 e. The summed E-state index contributed by atoms with van der Waals surface area (Å²) >= 11 is 0. The average Bonchev–Trinajstić information content (AvgIpc) is 3.04. The SMILES string of the molecule is O=[N+]([O-])c1nccn1C(O)CN1Cc2ccccc2C1. The fraction of sp³-hybridized carbons (Fsp3) is 0.308. The Bertz CT molecular complexity index is 615. The van der Waals surface area contributed by atoms with E-state index in [9.17, 15) is 15.2 Å². The van der Waals surface area contributed by atoms with Crippen LogP contribution in [-0.4, -0.2) is 31.0 Å². The van der Waals surface area contributed by atoms with Crippen molar-refractivity contribution in [1.82, 2.24) is 14.5 Å². The minimum absolute atomic E-state index is 0.325. The normalized spacial score (nSPS) is 16.1. The number of imidazole rings is 1. The summed E-state index contributed by atoms with van der Waals surface area (Å²) < 4.78 is 1.18. The number of nitrogens with zero attached hydrogens (tertiary/aromatic N) is 4. The lowest BCUT2D eigenvalue weighted by molar-refractivity contribution is -0.398. The van der Waals surface area contributed by atoms with Crippen LogP contribution in [0.5, 0.6) is 0 Å². The molecule has 1 unspecified atom stereocenters. The number of fused-ring (bicyclic) bond motifs is 1. The van der Waals surface area contributed by atoms with Crippen LogP contribution in [0.3, 0.4) is 0 Å². The monoisotopic (exact) mass is 274 g/mol. The van der Waals surface area contributed by atoms with E-state index in [1.165, 1.54) is 28.1 Å². The molecule has 3 rings (SSSR count). The van der Waals surface area contributed by atoms with Crippen LogP contribution in [0.15, 0.2) is 36.7 Å². The molecule has 0 spiro atoms. The van der Waals surface area contributed by atoms with Gasteiger partial charge >= 0.3 is 5.95 Å². The summed E-state index contributed by atoms with van der Waals surface area (Å²) in [5.41, 5.74) is 2.47. The maximum atomic E-state index is 10.8. The number of aliphatic hydroxyl groups is 1. The van der Waals surface area contributed by atoms with Crippen molar-refractivity contribution >= 4 is 5.95 Å². The van der Waals surface area contributed by atoms with E-state index in [1.807, 2.05) is 12.1 Å². The number of benzene rings is 1. The first kappa shape index (κ1) is 12.8. The van der Waals surface area contributed by atoms with E-state index in [0.29, 0.717) is 6.54 Å². The molecule has 2 heterocycles. The average molecular weight is 274 g/mol. The molecule has 0 saturated carbocycles. The molecule has 1 N–H and O–H groups in total. The van der Waals surface area contributed by atoms with Gasteiger partial charge in [-0.15, -0.1) is 0 Å². The molecule has 1 aliphatic rings. The second-order valence-electron chi connectivity index (χ2n) is 4.81. The van der Waals surface area contributed by atoms with Gasteiger partial charge in [-0.3, -0.25) is 4.90 Å². The van der Waals surface area contributed by atoms with Crippen LogP contribution in [0, 0.1) is 10.1 Å². The predicted octanol–water partition coefficient (Wildman–Crippen LogP) is 1.30. The lowest BCUT2D eigenvalue weighted by atomic mass is 10.1. The van der Waals surface area contributed by atoms with Gasteiger partial charge in [0.05, 0.1) is 6.54 Å². The zero-order valence-corrected chi connectivity index (χ0v) is 10.7. The Morgan fingerprint density at radius 1 is 1.35 bits per heavy atom. The number of nitro groups is 1. The van der Waals surface area contributed by atoms with Crippen molar-refractivity contribution < 1.29 is 10.0 Å². The Morgan fingerprint density at radius 3 is 2.60 bits per heavy atom. The highest BCUT2D eigenvalue weighted by Gasteiger charge is 2.26. The highest BCUT2D eigenvalue weighted by atomic mass is 16.6. The molecule has 2 aromatic rings. The first-order valence-corrected chi connectivity index (χ1v) is 6.29. The molecule has 0 bridgehead atoms. The van der Waals surface area contributed by atoms with E-state index < -0.39 is 11.2 Å². The first-order chi connectivity index (χ1) is 9.65. The van der Waals surface area contributed by atoms with Crippen LogP contribution in [0.1, 0.15) is 17.4 Å². The smallest absolute Gasteiger partial charge is 0.390 e. The highest BCUT2D eigenvalue weighted by molar-refractivity contribution is 5.30. The highest BCUT2D eigenvalue weighted by Crippen LogP contribution is 2.24. The van der Waals surface area contributed by atoms with E-state index in [0.717, 1.165) is 13.1 Å². The third-order valence-electron chi connectivity index (χ3n) is 3.46. The molecular weight excluding hydrogens is 260 g/mol. The van der Waals surface area contributed by atoms with E-state index in [-0.39, 0.29) is 5.95 Å². The van der Waals surface area contributed by atoms with Gasteiger partial charge in [0.15, 0.2) is 6.23 Å². The number of aliphatic hydroxyl groups excluding tert-OH is 1. The van der Waals surface area contributed by atoms with Crippen molar-refractivity contribution in [3.05, 3.63) is 57.9 Å². The molecule has 1 aliphatic heterocycles. The minimum Gasteiger partial charge on any atom is -0.390 e. The summed E-state index contributed by atoms with van der Waals surface area (Å²) in [7, 11) is 0. The molecule has 0 radical (unpaired) electrons. The van der Waals surface area contributed by atoms with Gasteiger partial charge in [0.2, 0.25) is 0 Å². The van der Waals surface area contributed by atoms with Crippen molar-refractivity contribution in [3.8, 4) is 0 Å². The Morgan fingerprint density at radius 2 is 2.00 bits per heavy atom. The standard InChI is InChI=1S/C13H14N4O3/c18-12(16-6-5-14-13(16)17(19)20)9-15-7-10-3-1-2-4-11(10)8-15/h1-6,12,18H,7-9H2. The summed E-state index contributed by atoms with van der Waals surface area (Å²) in [5, 5.41) is 21.0. The molecule has 7 heteroatoms. The number of β-amino-alcohol motifs (C(OH)–C–C–N with tert-alkyl or cyclic N) is 1. The molecule has 1 atom stereocenters. The van der Waals surface area contributed by atoms with Crippen molar-refractivity contribution in [1.29, 1.82) is 0 Å². The van der Waals surface area contributed by atoms with Crippen LogP contribution < -0.4 is 0 Å². The van der Waals surface area contributed by atoms with Gasteiger partial charge in [-0.05, 0) is 16.1 Å². The van der Waals surface area contributed by atoms with Gasteiger partial charge in [0.1, 0.15) is 12.4 Å². The van der Waals surface area contributed by atoms with Crippen molar-refractivity contribution in [2.24, 2.45) is 0 Å². The van der Waals surface area contributed by atoms with Crippen LogP contribution in [0.4, 0.5) is 5.95 Å². The number of aromatic nitrogens is 2. The van der Waals surface area contributed by atoms with Crippen molar-refractivity contribution in [3.63, 3.8) is 0 Å². The van der Waals surface area contributed by atoms with Crippen LogP contribution >= 0.6 is 0 Å². The van der Waals surface area contributed by atoms with Crippen LogP contribution in [0.25, 0.3) is 0 Å². The second kappa shape index (κ2) is 5.03. The third kappa shape index (κ3) is 2.28. The van der Waals surface area contributed by atoms with Gasteiger partial charge in [-0.1, -0.05) is 29.2 Å². The number of rotatable bonds is 4. The Hall–Kier alpha value is -2.25. The molecular formula is C13H14N4O3. The molecule has 0 amide bonds. The Labute approximate surface area is 115 Å². The van der Waals surface area contributed by atoms with Gasteiger partial charge in [0.25, 0.3) is 0 Å². The van der Waals surface area contributed by atoms with Gasteiger partial charge in [-0.25, -0.2) is 4.57 Å². The summed E-state index contributed by atoms with van der Waals surface area (Å²) in [6, 6.07) is 8.09. The van der Waals surface area contributed by atoms with E-state index in [2.05, 4.69) is 22.0 Å². The molecule has 1 aromatic heterocycles. The zero-order valence-electron chi connectivity index (χ0n) is 10.7. The van der Waals surface area contributed by atoms with Crippen LogP contribution in [0.2, 0.25) is 0 Å². The van der Waals surface area contributed by atoms with Crippen molar-refractivity contribution in [2.45, 2.75) is 19.3 Å². The fourth-order valence-corrected chi connectivity index (χ4v) is 2.53. The number of hydrogen-bond acceptors (Lipinski definition) is 5. The van der Waals surface area contributed by atoms with Crippen molar-refractivity contribution in [2.75, 3.05) is 6.54 Å². The van der Waals surface area contributed by atoms with Gasteiger partial charge < -0.3 is 15.2 Å². The molecule has 0 fully saturated rings. The summed E-state index contributed by atoms with van der Waals surface area (Å²) in [4.78, 5) is 15.9. The lowest BCUT2D eigenvalue weighted by Gasteiger charge is -2.18. The first-order valence-electron chi connectivity index (χ1n) is 6.29. The number of hydrogen-bond donors (Lipinski definition) is 1. The molecule has 20 heavy (non-hydrogen) atoms. The Kier molecular flexibility index (Phi) is 3.21. The zero-order chi connectivity index (χ0) is 14.1. The summed E-state index contributed by atoms with van der Waals surface area (Å²) in [5.74, 6) is -0.339. The molecule has 0 saturated heterocycles. The summed E-state index contributed by atoms with van der Waals surface area (Å²) in [6.45, 7) is 1.82. The Balaban J connectivity index is 1.70. The van der Waals surface area contributed by atoms with E-state index in [4.69, 9.17) is 0 Å². The van der Waals surface area contributed by atoms with Gasteiger partial charge in [-0.2, -0.15) is 0 Å². The third-order valence-corrected chi connectivity index (χ3v) is 3.46. The molecule has 1 aromatic carbocycles. The molecule has 7 nitrogen and oxygen atoms in total. The fourth-order valence-electron chi connectivity index (χ4n) is 2.53. The lowest BCUT2D eigenvalue weighted by Crippen LogP contribution is -2.27. The minimum atomic E-state index is -0.979. The predicted molar refractivity (Wildman–Crippen MR) is 70.7 cm³/mol. The molecule has 104 valence electrons. The van der Waals surface area contributed by atoms with Crippen LogP contribution in [-0.2, 0) is 13.1 Å². The topological polar surface area (TPSA) is 84.4 Å².